The Morgan fingerprint density at radius 1 is 1.20 bits per heavy atom. The zero-order valence-electron chi connectivity index (χ0n) is 14.6. The van der Waals surface area contributed by atoms with Gasteiger partial charge in [0.1, 0.15) is 24.0 Å². The van der Waals surface area contributed by atoms with E-state index in [1.807, 2.05) is 49.4 Å². The predicted molar refractivity (Wildman–Crippen MR) is 98.8 cm³/mol. The summed E-state index contributed by atoms with van der Waals surface area (Å²) in [4.78, 5) is 17.0. The zero-order chi connectivity index (χ0) is 17.9. The Morgan fingerprint density at radius 2 is 1.96 bits per heavy atom. The molecule has 1 aromatic heterocycles. The van der Waals surface area contributed by atoms with Crippen molar-refractivity contribution in [2.75, 3.05) is 6.61 Å². The third-order valence-electron chi connectivity index (χ3n) is 4.03. The number of hydrogen-bond donors (Lipinski definition) is 0. The summed E-state index contributed by atoms with van der Waals surface area (Å²) in [5.74, 6) is -0.145. The molecule has 0 saturated carbocycles. The number of carbonyl (C=O) groups is 1. The highest BCUT2D eigenvalue weighted by Crippen LogP contribution is 2.23. The molecular weight excluding hydrogens is 314 g/mol. The number of Topliss-reactive ketones (excluding diaryl/α,β-unsaturated/α-hetero) is 1. The lowest BCUT2D eigenvalue weighted by molar-refractivity contribution is -0.133. The van der Waals surface area contributed by atoms with Crippen LogP contribution < -0.4 is 0 Å². The van der Waals surface area contributed by atoms with Crippen molar-refractivity contribution in [2.45, 2.75) is 26.4 Å². The van der Waals surface area contributed by atoms with Gasteiger partial charge in [-0.05, 0) is 49.2 Å². The van der Waals surface area contributed by atoms with Crippen LogP contribution in [-0.4, -0.2) is 32.8 Å². The molecule has 5 nitrogen and oxygen atoms in total. The molecule has 5 heteroatoms. The zero-order valence-corrected chi connectivity index (χ0v) is 14.6. The first kappa shape index (κ1) is 17.0. The maximum atomic E-state index is 13.0. The average Bonchev–Trinajstić information content (AvgIpc) is 3.13. The van der Waals surface area contributed by atoms with Crippen molar-refractivity contribution in [1.82, 2.24) is 14.8 Å². The van der Waals surface area contributed by atoms with Crippen molar-refractivity contribution < 1.29 is 9.53 Å². The maximum Gasteiger partial charge on any atom is 0.212 e. The number of ether oxygens (including phenoxy) is 1. The molecule has 0 N–H and O–H groups in total. The fourth-order valence-corrected chi connectivity index (χ4v) is 2.76. The number of hydrogen-bond acceptors (Lipinski definition) is 4. The van der Waals surface area contributed by atoms with E-state index >= 15 is 0 Å². The molecule has 0 amide bonds. The van der Waals surface area contributed by atoms with Crippen molar-refractivity contribution in [3.63, 3.8) is 0 Å². The van der Waals surface area contributed by atoms with Gasteiger partial charge in [0, 0.05) is 6.61 Å². The van der Waals surface area contributed by atoms with Crippen LogP contribution in [0.5, 0.6) is 0 Å². The summed E-state index contributed by atoms with van der Waals surface area (Å²) in [5.41, 5.74) is 0.403. The highest BCUT2D eigenvalue weighted by Gasteiger charge is 2.32. The van der Waals surface area contributed by atoms with Gasteiger partial charge >= 0.3 is 0 Å². The van der Waals surface area contributed by atoms with Crippen molar-refractivity contribution in [2.24, 2.45) is 0 Å². The van der Waals surface area contributed by atoms with Crippen molar-refractivity contribution in [3.8, 4) is 0 Å². The van der Waals surface area contributed by atoms with Crippen molar-refractivity contribution in [1.29, 1.82) is 0 Å². The highest BCUT2D eigenvalue weighted by atomic mass is 16.5. The van der Waals surface area contributed by atoms with Crippen molar-refractivity contribution >= 4 is 28.3 Å². The van der Waals surface area contributed by atoms with E-state index in [2.05, 4.69) is 16.1 Å². The Morgan fingerprint density at radius 3 is 2.64 bits per heavy atom. The summed E-state index contributed by atoms with van der Waals surface area (Å²) in [6.07, 6.45) is 4.76. The lowest BCUT2D eigenvalue weighted by Gasteiger charge is -2.24. The van der Waals surface area contributed by atoms with E-state index in [-0.39, 0.29) is 5.78 Å². The summed E-state index contributed by atoms with van der Waals surface area (Å²) in [6.45, 7) is 5.87. The van der Waals surface area contributed by atoms with E-state index in [0.717, 1.165) is 16.3 Å². The van der Waals surface area contributed by atoms with Gasteiger partial charge in [0.2, 0.25) is 5.78 Å². The quantitative estimate of drug-likeness (QED) is 0.643. The topological polar surface area (TPSA) is 57.0 Å². The third-order valence-corrected chi connectivity index (χ3v) is 4.03. The molecule has 0 aliphatic carbocycles. The summed E-state index contributed by atoms with van der Waals surface area (Å²) in [5, 5.41) is 6.40. The van der Waals surface area contributed by atoms with Gasteiger partial charge in [0.25, 0.3) is 0 Å². The largest absolute Gasteiger partial charge is 0.368 e. The van der Waals surface area contributed by atoms with E-state index in [9.17, 15) is 4.79 Å². The molecule has 0 saturated heterocycles. The summed E-state index contributed by atoms with van der Waals surface area (Å²) < 4.78 is 7.11. The first-order valence-electron chi connectivity index (χ1n) is 8.25. The molecule has 0 bridgehead atoms. The first-order chi connectivity index (χ1) is 12.0. The molecule has 3 aromatic rings. The van der Waals surface area contributed by atoms with E-state index < -0.39 is 5.60 Å². The minimum atomic E-state index is -0.941. The lowest BCUT2D eigenvalue weighted by atomic mass is 9.98. The summed E-state index contributed by atoms with van der Waals surface area (Å²) >= 11 is 0. The van der Waals surface area contributed by atoms with Gasteiger partial charge in [-0.3, -0.25) is 4.79 Å². The monoisotopic (exact) mass is 335 g/mol. The number of ketones is 1. The molecule has 0 spiro atoms. The molecule has 0 atom stereocenters. The van der Waals surface area contributed by atoms with Gasteiger partial charge in [0.15, 0.2) is 0 Å². The number of benzene rings is 2. The number of rotatable bonds is 6. The highest BCUT2D eigenvalue weighted by molar-refractivity contribution is 6.23. The minimum absolute atomic E-state index is 0.145. The van der Waals surface area contributed by atoms with Gasteiger partial charge in [0.05, 0.1) is 0 Å². The molecule has 3 rings (SSSR count). The molecule has 0 unspecified atom stereocenters. The number of aromatic nitrogens is 3. The van der Waals surface area contributed by atoms with E-state index in [0.29, 0.717) is 12.3 Å². The van der Waals surface area contributed by atoms with Crippen LogP contribution in [0, 0.1) is 0 Å². The van der Waals surface area contributed by atoms with Crippen molar-refractivity contribution in [3.05, 3.63) is 60.7 Å². The van der Waals surface area contributed by atoms with Gasteiger partial charge < -0.3 is 4.74 Å². The Labute approximate surface area is 147 Å². The molecule has 0 radical (unpaired) electrons. The Kier molecular flexibility index (Phi) is 4.76. The molecular formula is C20H21N3O2. The SMILES string of the molecule is CCOC(C)(C)C(=O)C(=Cc1ccc2ccccc2c1)n1cncn1. The second-order valence-corrected chi connectivity index (χ2v) is 6.25. The normalized spacial score (nSPS) is 12.5. The summed E-state index contributed by atoms with van der Waals surface area (Å²) in [6, 6.07) is 14.2. The fourth-order valence-electron chi connectivity index (χ4n) is 2.76. The molecule has 2 aromatic carbocycles. The number of fused-ring (bicyclic) bond motifs is 1. The van der Waals surface area contributed by atoms with Crippen LogP contribution in [0.2, 0.25) is 0 Å². The van der Waals surface area contributed by atoms with E-state index in [1.165, 1.54) is 17.3 Å². The molecule has 1 heterocycles. The standard InChI is InChI=1S/C20H21N3O2/c1-4-25-20(2,3)19(24)18(23-14-21-13-22-23)12-15-9-10-16-7-5-6-8-17(16)11-15/h5-14H,4H2,1-3H3. The Balaban J connectivity index is 2.07. The van der Waals surface area contributed by atoms with E-state index in [1.54, 1.807) is 13.8 Å². The molecule has 128 valence electrons. The Hall–Kier alpha value is -2.79. The Bertz CT molecular complexity index is 912. The van der Waals surface area contributed by atoms with Gasteiger partial charge in [-0.2, -0.15) is 5.10 Å². The smallest absolute Gasteiger partial charge is 0.212 e. The molecule has 0 aliphatic heterocycles. The first-order valence-corrected chi connectivity index (χ1v) is 8.25. The number of carbonyl (C=O) groups excluding carboxylic acids is 1. The van der Waals surface area contributed by atoms with Crippen LogP contribution in [0.4, 0.5) is 0 Å². The van der Waals surface area contributed by atoms with Gasteiger partial charge in [-0.1, -0.05) is 36.4 Å². The third kappa shape index (κ3) is 3.67. The average molecular weight is 335 g/mol. The molecule has 0 fully saturated rings. The van der Waals surface area contributed by atoms with Crippen LogP contribution in [-0.2, 0) is 9.53 Å². The van der Waals surface area contributed by atoms with Crippen LogP contribution in [0.1, 0.15) is 26.3 Å². The molecule has 25 heavy (non-hydrogen) atoms. The van der Waals surface area contributed by atoms with Crippen LogP contribution in [0.3, 0.4) is 0 Å². The van der Waals surface area contributed by atoms with E-state index in [4.69, 9.17) is 4.74 Å². The minimum Gasteiger partial charge on any atom is -0.368 e. The summed E-state index contributed by atoms with van der Waals surface area (Å²) in [7, 11) is 0. The second-order valence-electron chi connectivity index (χ2n) is 6.25. The second kappa shape index (κ2) is 6.99. The van der Waals surface area contributed by atoms with Crippen LogP contribution >= 0.6 is 0 Å². The fraction of sp³-hybridized carbons (Fsp3) is 0.250. The lowest BCUT2D eigenvalue weighted by Crippen LogP contribution is -2.37. The van der Waals surface area contributed by atoms with Gasteiger partial charge in [-0.25, -0.2) is 9.67 Å². The maximum absolute atomic E-state index is 13.0. The molecule has 0 aliphatic rings. The predicted octanol–water partition coefficient (Wildman–Crippen LogP) is 3.81. The van der Waals surface area contributed by atoms with Crippen LogP contribution in [0.15, 0.2) is 55.1 Å². The number of nitrogens with zero attached hydrogens (tertiary/aromatic N) is 3. The van der Waals surface area contributed by atoms with Crippen LogP contribution in [0.25, 0.3) is 22.5 Å². The van der Waals surface area contributed by atoms with Gasteiger partial charge in [-0.15, -0.1) is 0 Å².